The molecular weight excluding hydrogens is 333 g/mol. The molecule has 100 valence electrons. The van der Waals surface area contributed by atoms with Crippen molar-refractivity contribution in [2.75, 3.05) is 4.72 Å². The lowest BCUT2D eigenvalue weighted by Gasteiger charge is -2.09. The Kier molecular flexibility index (Phi) is 3.91. The van der Waals surface area contributed by atoms with Gasteiger partial charge in [0.2, 0.25) is 0 Å². The zero-order chi connectivity index (χ0) is 14.0. The summed E-state index contributed by atoms with van der Waals surface area (Å²) in [5, 5.41) is 0. The molecule has 0 unspecified atom stereocenters. The summed E-state index contributed by atoms with van der Waals surface area (Å²) in [4.78, 5) is -0.378. The number of rotatable bonds is 3. The summed E-state index contributed by atoms with van der Waals surface area (Å²) in [6.45, 7) is 1.85. The maximum atomic E-state index is 13.7. The third-order valence-corrected chi connectivity index (χ3v) is 4.36. The standard InChI is InChI=1S/C13H11BrFNO2S/c1-9-3-2-4-11(7-9)16-19(17,18)13-6-5-10(14)8-12(13)15/h2-8,16H,1H3. The van der Waals surface area contributed by atoms with Gasteiger partial charge in [-0.15, -0.1) is 0 Å². The first-order chi connectivity index (χ1) is 8.88. The van der Waals surface area contributed by atoms with Crippen LogP contribution >= 0.6 is 15.9 Å². The number of benzene rings is 2. The Hall–Kier alpha value is -1.40. The predicted molar refractivity (Wildman–Crippen MR) is 76.1 cm³/mol. The highest BCUT2D eigenvalue weighted by molar-refractivity contribution is 9.10. The van der Waals surface area contributed by atoms with Gasteiger partial charge in [-0.05, 0) is 42.8 Å². The van der Waals surface area contributed by atoms with Gasteiger partial charge in [0, 0.05) is 10.2 Å². The molecule has 0 aromatic heterocycles. The van der Waals surface area contributed by atoms with Crippen LogP contribution in [0.1, 0.15) is 5.56 Å². The lowest BCUT2D eigenvalue weighted by Crippen LogP contribution is -2.14. The molecule has 0 fully saturated rings. The van der Waals surface area contributed by atoms with Gasteiger partial charge in [-0.2, -0.15) is 0 Å². The second-order valence-corrected chi connectivity index (χ2v) is 6.62. The predicted octanol–water partition coefficient (Wildman–Crippen LogP) is 3.70. The van der Waals surface area contributed by atoms with Crippen LogP contribution in [-0.2, 0) is 10.0 Å². The number of hydrogen-bond acceptors (Lipinski definition) is 2. The highest BCUT2D eigenvalue weighted by Crippen LogP contribution is 2.22. The van der Waals surface area contributed by atoms with E-state index in [2.05, 4.69) is 20.7 Å². The molecule has 0 spiro atoms. The Morgan fingerprint density at radius 3 is 2.53 bits per heavy atom. The fraction of sp³-hybridized carbons (Fsp3) is 0.0769. The average molecular weight is 344 g/mol. The van der Waals surface area contributed by atoms with Crippen LogP contribution < -0.4 is 4.72 Å². The van der Waals surface area contributed by atoms with E-state index in [1.54, 1.807) is 18.2 Å². The first-order valence-corrected chi connectivity index (χ1v) is 7.71. The zero-order valence-corrected chi connectivity index (χ0v) is 12.4. The second-order valence-electron chi connectivity index (χ2n) is 4.05. The minimum Gasteiger partial charge on any atom is -0.280 e. The monoisotopic (exact) mass is 343 g/mol. The number of aryl methyl sites for hydroxylation is 1. The first-order valence-electron chi connectivity index (χ1n) is 5.43. The van der Waals surface area contributed by atoms with Gasteiger partial charge in [0.05, 0.1) is 0 Å². The van der Waals surface area contributed by atoms with Crippen LogP contribution in [-0.4, -0.2) is 8.42 Å². The molecule has 0 atom stereocenters. The van der Waals surface area contributed by atoms with Gasteiger partial charge in [-0.3, -0.25) is 4.72 Å². The minimum absolute atomic E-state index is 0.378. The Balaban J connectivity index is 2.38. The summed E-state index contributed by atoms with van der Waals surface area (Å²) in [5.74, 6) is -0.797. The van der Waals surface area contributed by atoms with Crippen molar-refractivity contribution in [3.05, 3.63) is 58.3 Å². The van der Waals surface area contributed by atoms with E-state index in [9.17, 15) is 12.8 Å². The van der Waals surface area contributed by atoms with E-state index in [-0.39, 0.29) is 4.90 Å². The molecule has 0 heterocycles. The average Bonchev–Trinajstić information content (AvgIpc) is 2.27. The molecule has 0 aliphatic rings. The van der Waals surface area contributed by atoms with Crippen molar-refractivity contribution >= 4 is 31.6 Å². The van der Waals surface area contributed by atoms with Crippen molar-refractivity contribution in [3.8, 4) is 0 Å². The van der Waals surface area contributed by atoms with Gasteiger partial charge in [0.1, 0.15) is 10.7 Å². The third kappa shape index (κ3) is 3.33. The van der Waals surface area contributed by atoms with E-state index in [1.165, 1.54) is 12.1 Å². The highest BCUT2D eigenvalue weighted by atomic mass is 79.9. The normalized spacial score (nSPS) is 11.3. The molecule has 0 aliphatic heterocycles. The lowest BCUT2D eigenvalue weighted by molar-refractivity contribution is 0.570. The van der Waals surface area contributed by atoms with Crippen LogP contribution in [0.25, 0.3) is 0 Å². The Morgan fingerprint density at radius 2 is 1.89 bits per heavy atom. The van der Waals surface area contributed by atoms with Crippen LogP contribution in [0.3, 0.4) is 0 Å². The van der Waals surface area contributed by atoms with Gasteiger partial charge >= 0.3 is 0 Å². The van der Waals surface area contributed by atoms with Gasteiger partial charge in [0.25, 0.3) is 10.0 Å². The summed E-state index contributed by atoms with van der Waals surface area (Å²) in [5.41, 5.74) is 1.32. The summed E-state index contributed by atoms with van der Waals surface area (Å²) < 4.78 is 40.7. The molecule has 2 aromatic carbocycles. The van der Waals surface area contributed by atoms with Crippen LogP contribution in [0.5, 0.6) is 0 Å². The Labute approximate surface area is 119 Å². The Morgan fingerprint density at radius 1 is 1.16 bits per heavy atom. The molecule has 3 nitrogen and oxygen atoms in total. The fourth-order valence-corrected chi connectivity index (χ4v) is 3.06. The quantitative estimate of drug-likeness (QED) is 0.923. The smallest absolute Gasteiger partial charge is 0.264 e. The zero-order valence-electron chi connectivity index (χ0n) is 10.0. The molecule has 0 saturated carbocycles. The van der Waals surface area contributed by atoms with Crippen molar-refractivity contribution in [2.24, 2.45) is 0 Å². The van der Waals surface area contributed by atoms with Crippen molar-refractivity contribution in [1.82, 2.24) is 0 Å². The molecule has 0 saturated heterocycles. The van der Waals surface area contributed by atoms with Gasteiger partial charge in [-0.25, -0.2) is 12.8 Å². The highest BCUT2D eigenvalue weighted by Gasteiger charge is 2.19. The molecular formula is C13H11BrFNO2S. The summed E-state index contributed by atoms with van der Waals surface area (Å²) in [6, 6.07) is 10.7. The third-order valence-electron chi connectivity index (χ3n) is 2.45. The molecule has 0 amide bonds. The van der Waals surface area contributed by atoms with Gasteiger partial charge in [-0.1, -0.05) is 28.1 Å². The van der Waals surface area contributed by atoms with E-state index in [0.717, 1.165) is 11.6 Å². The second kappa shape index (κ2) is 5.30. The number of anilines is 1. The molecule has 2 rings (SSSR count). The van der Waals surface area contributed by atoms with E-state index in [1.807, 2.05) is 13.0 Å². The molecule has 0 aliphatic carbocycles. The topological polar surface area (TPSA) is 46.2 Å². The maximum absolute atomic E-state index is 13.7. The fourth-order valence-electron chi connectivity index (χ4n) is 1.61. The van der Waals surface area contributed by atoms with Crippen LogP contribution in [0.4, 0.5) is 10.1 Å². The number of sulfonamides is 1. The van der Waals surface area contributed by atoms with Crippen LogP contribution in [0.2, 0.25) is 0 Å². The van der Waals surface area contributed by atoms with Crippen molar-refractivity contribution in [1.29, 1.82) is 0 Å². The molecule has 1 N–H and O–H groups in total. The first kappa shape index (κ1) is 14.0. The number of halogens is 2. The summed E-state index contributed by atoms with van der Waals surface area (Å²) in [7, 11) is -3.92. The minimum atomic E-state index is -3.92. The summed E-state index contributed by atoms with van der Waals surface area (Å²) >= 11 is 3.08. The van der Waals surface area contributed by atoms with Crippen LogP contribution in [0, 0.1) is 12.7 Å². The lowest BCUT2D eigenvalue weighted by atomic mass is 10.2. The van der Waals surface area contributed by atoms with Crippen molar-refractivity contribution < 1.29 is 12.8 Å². The van der Waals surface area contributed by atoms with Crippen LogP contribution in [0.15, 0.2) is 51.8 Å². The molecule has 6 heteroatoms. The summed E-state index contributed by atoms with van der Waals surface area (Å²) in [6.07, 6.45) is 0. The number of hydrogen-bond donors (Lipinski definition) is 1. The van der Waals surface area contributed by atoms with Gasteiger partial charge < -0.3 is 0 Å². The van der Waals surface area contributed by atoms with Crippen molar-refractivity contribution in [2.45, 2.75) is 11.8 Å². The molecule has 2 aromatic rings. The molecule has 0 radical (unpaired) electrons. The SMILES string of the molecule is Cc1cccc(NS(=O)(=O)c2ccc(Br)cc2F)c1. The van der Waals surface area contributed by atoms with E-state index in [4.69, 9.17) is 0 Å². The van der Waals surface area contributed by atoms with E-state index in [0.29, 0.717) is 10.2 Å². The maximum Gasteiger partial charge on any atom is 0.264 e. The largest absolute Gasteiger partial charge is 0.280 e. The number of nitrogens with one attached hydrogen (secondary N) is 1. The molecule has 19 heavy (non-hydrogen) atoms. The van der Waals surface area contributed by atoms with Gasteiger partial charge in [0.15, 0.2) is 0 Å². The van der Waals surface area contributed by atoms with Crippen molar-refractivity contribution in [3.63, 3.8) is 0 Å². The Bertz CT molecular complexity index is 716. The van der Waals surface area contributed by atoms with E-state index < -0.39 is 15.8 Å². The molecule has 0 bridgehead atoms. The van der Waals surface area contributed by atoms with E-state index >= 15 is 0 Å².